The highest BCUT2D eigenvalue weighted by molar-refractivity contribution is 9.10. The first kappa shape index (κ1) is 10.1. The van der Waals surface area contributed by atoms with Crippen molar-refractivity contribution >= 4 is 15.9 Å². The summed E-state index contributed by atoms with van der Waals surface area (Å²) in [5.41, 5.74) is 0.247. The number of rotatable bonds is 1. The number of halogens is 3. The van der Waals surface area contributed by atoms with Gasteiger partial charge in [0.25, 0.3) is 6.43 Å². The Bertz CT molecular complexity index is 371. The van der Waals surface area contributed by atoms with Gasteiger partial charge in [-0.15, -0.1) is 0 Å². The fourth-order valence-corrected chi connectivity index (χ4v) is 1.53. The average Bonchev–Trinajstić information content (AvgIpc) is 2.04. The van der Waals surface area contributed by atoms with Gasteiger partial charge >= 0.3 is 0 Å². The normalized spacial score (nSPS) is 10.2. The Kier molecular flexibility index (Phi) is 2.94. The van der Waals surface area contributed by atoms with Gasteiger partial charge in [0.15, 0.2) is 0 Å². The van der Waals surface area contributed by atoms with Crippen molar-refractivity contribution in [1.29, 1.82) is 5.26 Å². The van der Waals surface area contributed by atoms with Crippen molar-refractivity contribution < 1.29 is 8.78 Å². The van der Waals surface area contributed by atoms with E-state index in [2.05, 4.69) is 20.9 Å². The van der Waals surface area contributed by atoms with Gasteiger partial charge in [-0.1, -0.05) is 0 Å². The molecular formula is C8H5BrF2N2. The van der Waals surface area contributed by atoms with Gasteiger partial charge < -0.3 is 0 Å². The van der Waals surface area contributed by atoms with E-state index in [1.807, 2.05) is 0 Å². The van der Waals surface area contributed by atoms with E-state index < -0.39 is 6.43 Å². The number of nitriles is 1. The molecule has 0 aromatic carbocycles. The van der Waals surface area contributed by atoms with Crippen molar-refractivity contribution in [3.05, 3.63) is 27.5 Å². The smallest absolute Gasteiger partial charge is 0.247 e. The fourth-order valence-electron chi connectivity index (χ4n) is 0.954. The molecule has 0 aliphatic carbocycles. The molecule has 68 valence electrons. The number of hydrogen-bond acceptors (Lipinski definition) is 2. The molecule has 0 N–H and O–H groups in total. The van der Waals surface area contributed by atoms with E-state index in [0.29, 0.717) is 0 Å². The Labute approximate surface area is 82.3 Å². The van der Waals surface area contributed by atoms with Crippen molar-refractivity contribution in [2.45, 2.75) is 13.3 Å². The second-order valence-electron chi connectivity index (χ2n) is 2.41. The Morgan fingerprint density at radius 2 is 2.23 bits per heavy atom. The van der Waals surface area contributed by atoms with Crippen molar-refractivity contribution in [3.8, 4) is 6.07 Å². The highest BCUT2D eigenvalue weighted by Crippen LogP contribution is 2.29. The minimum Gasteiger partial charge on any atom is -0.247 e. The van der Waals surface area contributed by atoms with E-state index >= 15 is 0 Å². The summed E-state index contributed by atoms with van der Waals surface area (Å²) in [5.74, 6) is 0. The first-order chi connectivity index (χ1) is 6.07. The molecule has 0 radical (unpaired) electrons. The molecule has 1 aromatic heterocycles. The second-order valence-corrected chi connectivity index (χ2v) is 3.16. The van der Waals surface area contributed by atoms with Crippen LogP contribution in [0.3, 0.4) is 0 Å². The van der Waals surface area contributed by atoms with Crippen LogP contribution in [-0.2, 0) is 0 Å². The van der Waals surface area contributed by atoms with E-state index in [4.69, 9.17) is 5.26 Å². The Balaban J connectivity index is 3.41. The molecule has 0 bridgehead atoms. The summed E-state index contributed by atoms with van der Waals surface area (Å²) in [7, 11) is 0. The van der Waals surface area contributed by atoms with Crippen LogP contribution in [0.1, 0.15) is 23.1 Å². The molecule has 0 aliphatic rings. The summed E-state index contributed by atoms with van der Waals surface area (Å²) >= 11 is 2.91. The lowest BCUT2D eigenvalue weighted by molar-refractivity contribution is 0.149. The summed E-state index contributed by atoms with van der Waals surface area (Å²) in [6, 6.07) is 1.80. The van der Waals surface area contributed by atoms with Gasteiger partial charge in [-0.05, 0) is 28.4 Å². The topological polar surface area (TPSA) is 36.7 Å². The Morgan fingerprint density at radius 3 is 2.69 bits per heavy atom. The summed E-state index contributed by atoms with van der Waals surface area (Å²) in [5, 5.41) is 8.57. The molecule has 13 heavy (non-hydrogen) atoms. The number of nitrogens with zero attached hydrogens (tertiary/aromatic N) is 2. The molecule has 2 nitrogen and oxygen atoms in total. The maximum absolute atomic E-state index is 12.4. The molecule has 1 rings (SSSR count). The third kappa shape index (κ3) is 1.83. The third-order valence-corrected chi connectivity index (χ3v) is 2.31. The molecule has 0 saturated heterocycles. The third-order valence-electron chi connectivity index (χ3n) is 1.68. The van der Waals surface area contributed by atoms with Gasteiger partial charge in [-0.3, -0.25) is 0 Å². The molecule has 0 aliphatic heterocycles. The van der Waals surface area contributed by atoms with Crippen LogP contribution in [-0.4, -0.2) is 4.98 Å². The van der Waals surface area contributed by atoms with Gasteiger partial charge in [0, 0.05) is 6.20 Å². The Morgan fingerprint density at radius 1 is 1.62 bits per heavy atom. The van der Waals surface area contributed by atoms with Crippen molar-refractivity contribution in [3.63, 3.8) is 0 Å². The van der Waals surface area contributed by atoms with Gasteiger partial charge in [0.2, 0.25) is 0 Å². The van der Waals surface area contributed by atoms with Crippen LogP contribution in [0.25, 0.3) is 0 Å². The van der Waals surface area contributed by atoms with Gasteiger partial charge in [0.1, 0.15) is 10.7 Å². The molecule has 1 heterocycles. The second kappa shape index (κ2) is 3.79. The fraction of sp³-hybridized carbons (Fsp3) is 0.250. The van der Waals surface area contributed by atoms with E-state index in [1.165, 1.54) is 13.1 Å². The van der Waals surface area contributed by atoms with Gasteiger partial charge in [-0.25, -0.2) is 13.8 Å². The SMILES string of the molecule is Cc1c(C#N)cnc(Br)c1C(F)F. The van der Waals surface area contributed by atoms with Crippen LogP contribution in [0.4, 0.5) is 8.78 Å². The lowest BCUT2D eigenvalue weighted by Crippen LogP contribution is -1.97. The average molecular weight is 247 g/mol. The lowest BCUT2D eigenvalue weighted by atomic mass is 10.1. The number of alkyl halides is 2. The zero-order valence-electron chi connectivity index (χ0n) is 6.68. The van der Waals surface area contributed by atoms with E-state index in [9.17, 15) is 8.78 Å². The summed E-state index contributed by atoms with van der Waals surface area (Å²) < 4.78 is 24.9. The summed E-state index contributed by atoms with van der Waals surface area (Å²) in [4.78, 5) is 3.65. The molecule has 1 aromatic rings. The number of pyridine rings is 1. The molecule has 0 unspecified atom stereocenters. The molecule has 5 heteroatoms. The molecule has 0 atom stereocenters. The first-order valence-corrected chi connectivity index (χ1v) is 4.20. The van der Waals surface area contributed by atoms with Crippen molar-refractivity contribution in [2.24, 2.45) is 0 Å². The molecule has 0 spiro atoms. The zero-order valence-corrected chi connectivity index (χ0v) is 8.27. The number of aromatic nitrogens is 1. The number of hydrogen-bond donors (Lipinski definition) is 0. The molecule has 0 amide bonds. The van der Waals surface area contributed by atoms with Crippen molar-refractivity contribution in [1.82, 2.24) is 4.98 Å². The van der Waals surface area contributed by atoms with Crippen LogP contribution in [0.5, 0.6) is 0 Å². The maximum atomic E-state index is 12.4. The van der Waals surface area contributed by atoms with Crippen LogP contribution in [0.2, 0.25) is 0 Å². The van der Waals surface area contributed by atoms with Gasteiger partial charge in [-0.2, -0.15) is 5.26 Å². The largest absolute Gasteiger partial charge is 0.266 e. The summed E-state index contributed by atoms with van der Waals surface area (Å²) in [6.07, 6.45) is -1.35. The highest BCUT2D eigenvalue weighted by atomic mass is 79.9. The van der Waals surface area contributed by atoms with Crippen LogP contribution in [0.15, 0.2) is 10.8 Å². The van der Waals surface area contributed by atoms with Crippen LogP contribution >= 0.6 is 15.9 Å². The molecule has 0 fully saturated rings. The molecular weight excluding hydrogens is 242 g/mol. The molecule has 0 saturated carbocycles. The monoisotopic (exact) mass is 246 g/mol. The summed E-state index contributed by atoms with van der Waals surface area (Å²) in [6.45, 7) is 1.48. The predicted octanol–water partition coefficient (Wildman–Crippen LogP) is 2.96. The minimum absolute atomic E-state index is 0.0963. The zero-order chi connectivity index (χ0) is 10.0. The van der Waals surface area contributed by atoms with E-state index in [-0.39, 0.29) is 21.3 Å². The highest BCUT2D eigenvalue weighted by Gasteiger charge is 2.17. The standard InChI is InChI=1S/C8H5BrF2N2/c1-4-5(2-12)3-13-7(9)6(4)8(10)11/h3,8H,1H3. The minimum atomic E-state index is -2.62. The Hall–Kier alpha value is -1.02. The predicted molar refractivity (Wildman–Crippen MR) is 46.3 cm³/mol. The maximum Gasteiger partial charge on any atom is 0.266 e. The van der Waals surface area contributed by atoms with Crippen molar-refractivity contribution in [2.75, 3.05) is 0 Å². The van der Waals surface area contributed by atoms with Gasteiger partial charge in [0.05, 0.1) is 11.1 Å². The van der Waals surface area contributed by atoms with E-state index in [0.717, 1.165) is 0 Å². The van der Waals surface area contributed by atoms with E-state index in [1.54, 1.807) is 6.07 Å². The van der Waals surface area contributed by atoms with Crippen LogP contribution in [0, 0.1) is 18.3 Å². The first-order valence-electron chi connectivity index (χ1n) is 3.41. The quantitative estimate of drug-likeness (QED) is 0.715. The van der Waals surface area contributed by atoms with Crippen LogP contribution < -0.4 is 0 Å². The lowest BCUT2D eigenvalue weighted by Gasteiger charge is -2.07.